The number of benzene rings is 7. The maximum atomic E-state index is 6.76. The van der Waals surface area contributed by atoms with Crippen LogP contribution in [0.15, 0.2) is 206 Å². The lowest BCUT2D eigenvalue weighted by Crippen LogP contribution is -2.18. The van der Waals surface area contributed by atoms with Gasteiger partial charge in [0, 0.05) is 39.2 Å². The van der Waals surface area contributed by atoms with Crippen molar-refractivity contribution in [2.75, 3.05) is 4.90 Å². The summed E-state index contributed by atoms with van der Waals surface area (Å²) in [6.07, 6.45) is 17.5. The third-order valence-electron chi connectivity index (χ3n) is 10.9. The van der Waals surface area contributed by atoms with E-state index >= 15 is 0 Å². The molecule has 2 heteroatoms. The van der Waals surface area contributed by atoms with Crippen molar-refractivity contribution < 1.29 is 4.42 Å². The molecule has 0 amide bonds. The van der Waals surface area contributed by atoms with Crippen molar-refractivity contribution in [3.63, 3.8) is 0 Å². The first-order valence-corrected chi connectivity index (χ1v) is 19.1. The molecule has 1 aromatic heterocycles. The lowest BCUT2D eigenvalue weighted by molar-refractivity contribution is 0.670. The van der Waals surface area contributed by atoms with Crippen LogP contribution in [-0.2, 0) is 0 Å². The molecule has 0 radical (unpaired) electrons. The molecule has 0 saturated heterocycles. The van der Waals surface area contributed by atoms with Gasteiger partial charge in [0.1, 0.15) is 11.2 Å². The molecule has 9 rings (SSSR count). The topological polar surface area (TPSA) is 16.4 Å². The normalized spacial score (nSPS) is 14.0. The SMILES string of the molecule is C=C/C=C\c1ccc(-c2ccc(N(C3=CCC(c4ccc(C=C)c(C=C)c4)C=C3)c3ccccc3-c3cccc4c3oc3cc5ccccc5cc34)cc2)cc1. The van der Waals surface area contributed by atoms with Crippen molar-refractivity contribution in [3.05, 3.63) is 224 Å². The predicted molar refractivity (Wildman–Crippen MR) is 241 cm³/mol. The zero-order valence-electron chi connectivity index (χ0n) is 31.2. The van der Waals surface area contributed by atoms with E-state index in [1.54, 1.807) is 6.08 Å². The predicted octanol–water partition coefficient (Wildman–Crippen LogP) is 15.3. The molecule has 0 N–H and O–H groups in total. The molecular formula is C54H41NO. The number of allylic oxidation sites excluding steroid dienone is 5. The van der Waals surface area contributed by atoms with Crippen LogP contribution >= 0.6 is 0 Å². The van der Waals surface area contributed by atoms with E-state index in [0.29, 0.717) is 0 Å². The van der Waals surface area contributed by atoms with Crippen molar-refractivity contribution in [1.29, 1.82) is 0 Å². The minimum atomic E-state index is 0.250. The van der Waals surface area contributed by atoms with Gasteiger partial charge in [0.2, 0.25) is 0 Å². The van der Waals surface area contributed by atoms with Gasteiger partial charge in [0.05, 0.1) is 5.69 Å². The molecule has 56 heavy (non-hydrogen) atoms. The summed E-state index contributed by atoms with van der Waals surface area (Å²) in [4.78, 5) is 2.39. The highest BCUT2D eigenvalue weighted by Gasteiger charge is 2.23. The molecule has 1 unspecified atom stereocenters. The minimum absolute atomic E-state index is 0.250. The summed E-state index contributed by atoms with van der Waals surface area (Å²) >= 11 is 0. The zero-order valence-corrected chi connectivity index (χ0v) is 31.2. The molecule has 1 aliphatic carbocycles. The van der Waals surface area contributed by atoms with E-state index in [1.807, 2.05) is 18.2 Å². The van der Waals surface area contributed by atoms with Crippen LogP contribution in [0.1, 0.15) is 34.6 Å². The summed E-state index contributed by atoms with van der Waals surface area (Å²) in [5.74, 6) is 0.250. The fourth-order valence-corrected chi connectivity index (χ4v) is 8.00. The maximum absolute atomic E-state index is 6.76. The van der Waals surface area contributed by atoms with Gasteiger partial charge in [-0.05, 0) is 87.0 Å². The van der Waals surface area contributed by atoms with Crippen molar-refractivity contribution in [3.8, 4) is 22.3 Å². The molecular weight excluding hydrogens is 679 g/mol. The van der Waals surface area contributed by atoms with Gasteiger partial charge in [0.25, 0.3) is 0 Å². The third-order valence-corrected chi connectivity index (χ3v) is 10.9. The van der Waals surface area contributed by atoms with E-state index in [0.717, 1.165) is 78.8 Å². The van der Waals surface area contributed by atoms with Gasteiger partial charge in [-0.3, -0.25) is 0 Å². The van der Waals surface area contributed by atoms with Crippen molar-refractivity contribution in [1.82, 2.24) is 0 Å². The Hall–Kier alpha value is -7.16. The molecule has 7 aromatic carbocycles. The van der Waals surface area contributed by atoms with Gasteiger partial charge >= 0.3 is 0 Å². The Kier molecular flexibility index (Phi) is 9.23. The number of rotatable bonds is 10. The quantitative estimate of drug-likeness (QED) is 0.131. The third kappa shape index (κ3) is 6.42. The van der Waals surface area contributed by atoms with Crippen LogP contribution in [-0.4, -0.2) is 0 Å². The van der Waals surface area contributed by atoms with Crippen LogP contribution in [0.3, 0.4) is 0 Å². The Balaban J connectivity index is 1.15. The number of furan rings is 1. The number of anilines is 2. The highest BCUT2D eigenvalue weighted by Crippen LogP contribution is 2.44. The molecule has 0 bridgehead atoms. The molecule has 0 fully saturated rings. The lowest BCUT2D eigenvalue weighted by Gasteiger charge is -2.31. The largest absolute Gasteiger partial charge is 0.455 e. The first-order valence-electron chi connectivity index (χ1n) is 19.1. The van der Waals surface area contributed by atoms with Crippen LogP contribution in [0.5, 0.6) is 0 Å². The molecule has 8 aromatic rings. The van der Waals surface area contributed by atoms with Crippen LogP contribution in [0.2, 0.25) is 0 Å². The first-order chi connectivity index (χ1) is 27.6. The summed E-state index contributed by atoms with van der Waals surface area (Å²) in [6.45, 7) is 11.8. The van der Waals surface area contributed by atoms with Gasteiger partial charge in [0.15, 0.2) is 0 Å². The number of hydrogen-bond acceptors (Lipinski definition) is 2. The highest BCUT2D eigenvalue weighted by molar-refractivity contribution is 6.14. The molecule has 2 nitrogen and oxygen atoms in total. The monoisotopic (exact) mass is 719 g/mol. The van der Waals surface area contributed by atoms with Crippen LogP contribution in [0.4, 0.5) is 11.4 Å². The zero-order chi connectivity index (χ0) is 38.0. The van der Waals surface area contributed by atoms with E-state index in [9.17, 15) is 0 Å². The van der Waals surface area contributed by atoms with Gasteiger partial charge < -0.3 is 9.32 Å². The fraction of sp³-hybridized carbons (Fsp3) is 0.0370. The average Bonchev–Trinajstić information content (AvgIpc) is 3.63. The molecule has 0 saturated carbocycles. The van der Waals surface area contributed by atoms with Crippen molar-refractivity contribution in [2.45, 2.75) is 12.3 Å². The van der Waals surface area contributed by atoms with Gasteiger partial charge in [-0.2, -0.15) is 0 Å². The first kappa shape index (κ1) is 34.6. The second kappa shape index (κ2) is 14.9. The molecule has 1 aliphatic rings. The molecule has 0 spiro atoms. The molecule has 268 valence electrons. The van der Waals surface area contributed by atoms with Crippen LogP contribution in [0, 0.1) is 0 Å². The number of hydrogen-bond donors (Lipinski definition) is 0. The fourth-order valence-electron chi connectivity index (χ4n) is 8.00. The van der Waals surface area contributed by atoms with Crippen molar-refractivity contribution >= 4 is 62.3 Å². The number of fused-ring (bicyclic) bond motifs is 4. The Morgan fingerprint density at radius 2 is 1.34 bits per heavy atom. The minimum Gasteiger partial charge on any atom is -0.455 e. The average molecular weight is 720 g/mol. The van der Waals surface area contributed by atoms with Crippen LogP contribution < -0.4 is 4.90 Å². The van der Waals surface area contributed by atoms with Crippen LogP contribution in [0.25, 0.3) is 73.2 Å². The Labute approximate surface area is 328 Å². The highest BCUT2D eigenvalue weighted by atomic mass is 16.3. The van der Waals surface area contributed by atoms with Gasteiger partial charge in [-0.1, -0.05) is 178 Å². The van der Waals surface area contributed by atoms with E-state index in [1.165, 1.54) is 21.9 Å². The maximum Gasteiger partial charge on any atom is 0.143 e. The molecule has 1 heterocycles. The van der Waals surface area contributed by atoms with E-state index < -0.39 is 0 Å². The number of nitrogens with zero attached hydrogens (tertiary/aromatic N) is 1. The smallest absolute Gasteiger partial charge is 0.143 e. The van der Waals surface area contributed by atoms with E-state index in [2.05, 4.69) is 195 Å². The number of para-hydroxylation sites is 2. The summed E-state index contributed by atoms with van der Waals surface area (Å²) in [6, 6.07) is 52.2. The standard InChI is InChI=1S/C54H41NO/c1-4-7-13-37-20-22-40(23-21-37)41-26-30-46(31-27-41)55(47-32-28-42(29-33-47)45-25-24-38(5-2)39(6-3)34-45)52-19-11-10-16-48(52)49-17-12-18-50-51-35-43-14-8-9-15-44(43)36-53(51)56-54(49)50/h4-28,30-36,42H,1-3,29H2/b13-7-. The van der Waals surface area contributed by atoms with E-state index in [4.69, 9.17) is 4.42 Å². The summed E-state index contributed by atoms with van der Waals surface area (Å²) < 4.78 is 6.76. The summed E-state index contributed by atoms with van der Waals surface area (Å²) in [5, 5.41) is 4.61. The second-order valence-electron chi connectivity index (χ2n) is 14.2. The van der Waals surface area contributed by atoms with Gasteiger partial charge in [-0.25, -0.2) is 0 Å². The van der Waals surface area contributed by atoms with Gasteiger partial charge in [-0.15, -0.1) is 0 Å². The summed E-state index contributed by atoms with van der Waals surface area (Å²) in [5.41, 5.74) is 14.2. The second-order valence-corrected chi connectivity index (χ2v) is 14.2. The molecule has 0 aliphatic heterocycles. The van der Waals surface area contributed by atoms with E-state index in [-0.39, 0.29) is 5.92 Å². The summed E-state index contributed by atoms with van der Waals surface area (Å²) in [7, 11) is 0. The lowest BCUT2D eigenvalue weighted by atomic mass is 9.89. The van der Waals surface area contributed by atoms with Crippen molar-refractivity contribution in [2.24, 2.45) is 0 Å². The Bertz CT molecular complexity index is 2880. The Morgan fingerprint density at radius 1 is 0.625 bits per heavy atom. The Morgan fingerprint density at radius 3 is 2.07 bits per heavy atom. The molecule has 1 atom stereocenters.